The van der Waals surface area contributed by atoms with Gasteiger partial charge in [-0.05, 0) is 36.6 Å². The van der Waals surface area contributed by atoms with Crippen molar-refractivity contribution in [2.45, 2.75) is 33.7 Å². The Morgan fingerprint density at radius 1 is 1.39 bits per heavy atom. The van der Waals surface area contributed by atoms with Gasteiger partial charge in [-0.1, -0.05) is 32.9 Å². The Hall–Kier alpha value is -1.35. The molecule has 0 aliphatic carbocycles. The Kier molecular flexibility index (Phi) is 5.86. The van der Waals surface area contributed by atoms with Crippen LogP contribution in [0.1, 0.15) is 43.1 Å². The molecule has 0 saturated heterocycles. The molecule has 0 aromatic heterocycles. The van der Waals surface area contributed by atoms with E-state index in [9.17, 15) is 4.79 Å². The molecular formula is C15H23NO2. The second kappa shape index (κ2) is 7.17. The van der Waals surface area contributed by atoms with Gasteiger partial charge >= 0.3 is 5.97 Å². The van der Waals surface area contributed by atoms with Crippen LogP contribution in [0.4, 0.5) is 0 Å². The summed E-state index contributed by atoms with van der Waals surface area (Å²) in [7, 11) is 0. The third kappa shape index (κ3) is 4.88. The average Bonchev–Trinajstić information content (AvgIpc) is 2.28. The van der Waals surface area contributed by atoms with Crippen LogP contribution in [0.3, 0.4) is 0 Å². The van der Waals surface area contributed by atoms with Crippen LogP contribution < -0.4 is 0 Å². The molecule has 0 fully saturated rings. The van der Waals surface area contributed by atoms with E-state index in [0.717, 1.165) is 31.6 Å². The van der Waals surface area contributed by atoms with Gasteiger partial charge in [0.2, 0.25) is 0 Å². The summed E-state index contributed by atoms with van der Waals surface area (Å²) in [4.78, 5) is 13.3. The molecule has 0 amide bonds. The lowest BCUT2D eigenvalue weighted by Crippen LogP contribution is -2.28. The minimum Gasteiger partial charge on any atom is -0.478 e. The fourth-order valence-corrected chi connectivity index (χ4v) is 2.13. The molecule has 18 heavy (non-hydrogen) atoms. The zero-order chi connectivity index (χ0) is 13.5. The van der Waals surface area contributed by atoms with E-state index in [0.29, 0.717) is 11.5 Å². The van der Waals surface area contributed by atoms with Gasteiger partial charge < -0.3 is 5.11 Å². The summed E-state index contributed by atoms with van der Waals surface area (Å²) in [6.07, 6.45) is 1.12. The van der Waals surface area contributed by atoms with Crippen LogP contribution in [0.15, 0.2) is 24.3 Å². The van der Waals surface area contributed by atoms with Gasteiger partial charge in [-0.25, -0.2) is 4.79 Å². The summed E-state index contributed by atoms with van der Waals surface area (Å²) < 4.78 is 0. The van der Waals surface area contributed by atoms with Gasteiger partial charge in [0, 0.05) is 13.1 Å². The van der Waals surface area contributed by atoms with E-state index >= 15 is 0 Å². The maximum atomic E-state index is 10.9. The van der Waals surface area contributed by atoms with Crippen molar-refractivity contribution in [3.8, 4) is 0 Å². The summed E-state index contributed by atoms with van der Waals surface area (Å²) in [5.41, 5.74) is 1.44. The second-order valence-electron chi connectivity index (χ2n) is 5.13. The predicted molar refractivity (Wildman–Crippen MR) is 73.8 cm³/mol. The highest BCUT2D eigenvalue weighted by atomic mass is 16.4. The molecule has 0 atom stereocenters. The highest BCUT2D eigenvalue weighted by molar-refractivity contribution is 5.87. The molecule has 3 heteroatoms. The largest absolute Gasteiger partial charge is 0.478 e. The highest BCUT2D eigenvalue weighted by Crippen LogP contribution is 2.10. The smallest absolute Gasteiger partial charge is 0.335 e. The number of carboxylic acid groups (broad SMARTS) is 1. The second-order valence-corrected chi connectivity index (χ2v) is 5.13. The topological polar surface area (TPSA) is 40.5 Å². The Balaban J connectivity index is 2.73. The summed E-state index contributed by atoms with van der Waals surface area (Å²) in [6, 6.07) is 7.22. The number of hydrogen-bond acceptors (Lipinski definition) is 2. The molecule has 100 valence electrons. The van der Waals surface area contributed by atoms with Gasteiger partial charge in [-0.2, -0.15) is 0 Å². The standard InChI is InChI=1S/C15H23NO2/c1-4-8-16(10-12(2)3)11-13-6-5-7-14(9-13)15(17)18/h5-7,9,12H,4,8,10-11H2,1-3H3,(H,17,18). The van der Waals surface area contributed by atoms with Gasteiger partial charge in [0.15, 0.2) is 0 Å². The van der Waals surface area contributed by atoms with Gasteiger partial charge in [-0.15, -0.1) is 0 Å². The molecule has 0 radical (unpaired) electrons. The number of carboxylic acids is 1. The van der Waals surface area contributed by atoms with E-state index in [1.807, 2.05) is 12.1 Å². The minimum atomic E-state index is -0.859. The van der Waals surface area contributed by atoms with Gasteiger partial charge in [0.25, 0.3) is 0 Å². The van der Waals surface area contributed by atoms with Crippen molar-refractivity contribution in [2.75, 3.05) is 13.1 Å². The van der Waals surface area contributed by atoms with Crippen molar-refractivity contribution in [1.29, 1.82) is 0 Å². The van der Waals surface area contributed by atoms with Crippen LogP contribution in [0.5, 0.6) is 0 Å². The summed E-state index contributed by atoms with van der Waals surface area (Å²) in [6.45, 7) is 9.50. The van der Waals surface area contributed by atoms with Crippen molar-refractivity contribution in [3.63, 3.8) is 0 Å². The van der Waals surface area contributed by atoms with E-state index in [4.69, 9.17) is 5.11 Å². The first-order valence-corrected chi connectivity index (χ1v) is 6.57. The fourth-order valence-electron chi connectivity index (χ4n) is 2.13. The van der Waals surface area contributed by atoms with Crippen molar-refractivity contribution >= 4 is 5.97 Å². The van der Waals surface area contributed by atoms with Crippen LogP contribution in [-0.4, -0.2) is 29.1 Å². The first-order valence-electron chi connectivity index (χ1n) is 6.57. The molecule has 3 nitrogen and oxygen atoms in total. The Morgan fingerprint density at radius 2 is 2.11 bits per heavy atom. The number of nitrogens with zero attached hydrogens (tertiary/aromatic N) is 1. The molecule has 0 aliphatic rings. The third-order valence-corrected chi connectivity index (χ3v) is 2.74. The molecule has 0 aliphatic heterocycles. The molecule has 1 N–H and O–H groups in total. The van der Waals surface area contributed by atoms with Gasteiger partial charge in [0.05, 0.1) is 5.56 Å². The molecule has 0 saturated carbocycles. The van der Waals surface area contributed by atoms with Gasteiger partial charge in [0.1, 0.15) is 0 Å². The quantitative estimate of drug-likeness (QED) is 0.806. The number of benzene rings is 1. The van der Waals surface area contributed by atoms with Gasteiger partial charge in [-0.3, -0.25) is 4.90 Å². The lowest BCUT2D eigenvalue weighted by molar-refractivity contribution is 0.0696. The predicted octanol–water partition coefficient (Wildman–Crippen LogP) is 3.25. The molecule has 1 aromatic carbocycles. The number of aromatic carboxylic acids is 1. The SMILES string of the molecule is CCCN(Cc1cccc(C(=O)O)c1)CC(C)C. The Morgan fingerprint density at radius 3 is 2.67 bits per heavy atom. The van der Waals surface area contributed by atoms with Crippen molar-refractivity contribution in [3.05, 3.63) is 35.4 Å². The van der Waals surface area contributed by atoms with Crippen molar-refractivity contribution in [2.24, 2.45) is 5.92 Å². The number of rotatable bonds is 7. The highest BCUT2D eigenvalue weighted by Gasteiger charge is 2.09. The first kappa shape index (κ1) is 14.7. The molecule has 0 spiro atoms. The maximum absolute atomic E-state index is 10.9. The van der Waals surface area contributed by atoms with E-state index < -0.39 is 5.97 Å². The first-order chi connectivity index (χ1) is 8.52. The average molecular weight is 249 g/mol. The molecule has 0 unspecified atom stereocenters. The summed E-state index contributed by atoms with van der Waals surface area (Å²) in [5, 5.41) is 8.98. The van der Waals surface area contributed by atoms with Crippen LogP contribution >= 0.6 is 0 Å². The Bertz CT molecular complexity index is 388. The van der Waals surface area contributed by atoms with Crippen LogP contribution in [0.2, 0.25) is 0 Å². The van der Waals surface area contributed by atoms with E-state index in [2.05, 4.69) is 25.7 Å². The maximum Gasteiger partial charge on any atom is 0.335 e. The third-order valence-electron chi connectivity index (χ3n) is 2.74. The lowest BCUT2D eigenvalue weighted by atomic mass is 10.1. The fraction of sp³-hybridized carbons (Fsp3) is 0.533. The minimum absolute atomic E-state index is 0.369. The van der Waals surface area contributed by atoms with Crippen LogP contribution in [0.25, 0.3) is 0 Å². The van der Waals surface area contributed by atoms with Crippen LogP contribution in [-0.2, 0) is 6.54 Å². The monoisotopic (exact) mass is 249 g/mol. The molecule has 1 rings (SSSR count). The summed E-state index contributed by atoms with van der Waals surface area (Å²) >= 11 is 0. The number of hydrogen-bond donors (Lipinski definition) is 1. The molecule has 1 aromatic rings. The van der Waals surface area contributed by atoms with Crippen molar-refractivity contribution < 1.29 is 9.90 Å². The lowest BCUT2D eigenvalue weighted by Gasteiger charge is -2.23. The zero-order valence-corrected chi connectivity index (χ0v) is 11.5. The summed E-state index contributed by atoms with van der Waals surface area (Å²) in [5.74, 6) is -0.234. The zero-order valence-electron chi connectivity index (χ0n) is 11.5. The Labute approximate surface area is 109 Å². The molecule has 0 heterocycles. The van der Waals surface area contributed by atoms with Crippen LogP contribution in [0, 0.1) is 5.92 Å². The molecular weight excluding hydrogens is 226 g/mol. The van der Waals surface area contributed by atoms with Crippen molar-refractivity contribution in [1.82, 2.24) is 4.90 Å². The van der Waals surface area contributed by atoms with E-state index in [1.54, 1.807) is 12.1 Å². The normalized spacial score (nSPS) is 11.2. The van der Waals surface area contributed by atoms with E-state index in [-0.39, 0.29) is 0 Å². The number of carbonyl (C=O) groups is 1. The molecule has 0 bridgehead atoms. The van der Waals surface area contributed by atoms with E-state index in [1.165, 1.54) is 0 Å².